The Morgan fingerprint density at radius 2 is 2.16 bits per heavy atom. The van der Waals surface area contributed by atoms with Crippen molar-refractivity contribution in [3.05, 3.63) is 11.2 Å². The fraction of sp³-hybridized carbons (Fsp3) is 0.692. The quantitative estimate of drug-likeness (QED) is 0.748. The van der Waals surface area contributed by atoms with Gasteiger partial charge in [0.2, 0.25) is 5.95 Å². The molecule has 2 rings (SSSR count). The average molecular weight is 285 g/mol. The van der Waals surface area contributed by atoms with Crippen molar-refractivity contribution in [3.8, 4) is 0 Å². The highest BCUT2D eigenvalue weighted by atomic mass is 35.5. The van der Waals surface area contributed by atoms with Crippen LogP contribution in [0.4, 0.5) is 11.8 Å². The summed E-state index contributed by atoms with van der Waals surface area (Å²) >= 11 is 6.09. The maximum Gasteiger partial charge on any atom is 0.224 e. The number of hydrogen-bond acceptors (Lipinski definition) is 5. The molecular formula is C13H21ClN4O. The number of aliphatic hydroxyl groups is 1. The smallest absolute Gasteiger partial charge is 0.224 e. The van der Waals surface area contributed by atoms with Gasteiger partial charge in [0.05, 0.1) is 6.20 Å². The van der Waals surface area contributed by atoms with Gasteiger partial charge in [-0.3, -0.25) is 0 Å². The summed E-state index contributed by atoms with van der Waals surface area (Å²) in [6.45, 7) is 3.84. The van der Waals surface area contributed by atoms with Crippen molar-refractivity contribution in [1.29, 1.82) is 0 Å². The van der Waals surface area contributed by atoms with Crippen molar-refractivity contribution in [2.24, 2.45) is 11.8 Å². The molecule has 0 saturated heterocycles. The molecule has 1 fully saturated rings. The van der Waals surface area contributed by atoms with E-state index in [2.05, 4.69) is 20.6 Å². The van der Waals surface area contributed by atoms with Crippen LogP contribution in [0.3, 0.4) is 0 Å². The molecule has 6 heteroatoms. The zero-order chi connectivity index (χ0) is 13.7. The molecule has 1 aliphatic rings. The Kier molecular flexibility index (Phi) is 5.22. The monoisotopic (exact) mass is 284 g/mol. The van der Waals surface area contributed by atoms with Gasteiger partial charge in [0, 0.05) is 19.7 Å². The number of nitrogens with zero attached hydrogens (tertiary/aromatic N) is 2. The fourth-order valence-corrected chi connectivity index (χ4v) is 2.74. The van der Waals surface area contributed by atoms with E-state index in [1.807, 2.05) is 6.92 Å². The van der Waals surface area contributed by atoms with Crippen LogP contribution in [0.15, 0.2) is 6.20 Å². The van der Waals surface area contributed by atoms with Crippen LogP contribution in [0.2, 0.25) is 5.02 Å². The second-order valence-electron chi connectivity index (χ2n) is 4.94. The maximum atomic E-state index is 9.31. The summed E-state index contributed by atoms with van der Waals surface area (Å²) in [5.74, 6) is 2.15. The zero-order valence-corrected chi connectivity index (χ0v) is 12.0. The summed E-state index contributed by atoms with van der Waals surface area (Å²) < 4.78 is 0. The molecule has 1 aromatic rings. The molecular weight excluding hydrogens is 264 g/mol. The molecule has 5 nitrogen and oxygen atoms in total. The maximum absolute atomic E-state index is 9.31. The Morgan fingerprint density at radius 1 is 1.37 bits per heavy atom. The van der Waals surface area contributed by atoms with Gasteiger partial charge in [-0.05, 0) is 31.6 Å². The minimum atomic E-state index is 0.270. The van der Waals surface area contributed by atoms with E-state index in [0.717, 1.165) is 25.9 Å². The lowest BCUT2D eigenvalue weighted by Gasteiger charge is -2.18. The second kappa shape index (κ2) is 6.91. The predicted octanol–water partition coefficient (Wildman–Crippen LogP) is 2.38. The molecule has 19 heavy (non-hydrogen) atoms. The number of anilines is 2. The molecule has 0 spiro atoms. The Labute approximate surface area is 118 Å². The molecule has 2 unspecified atom stereocenters. The summed E-state index contributed by atoms with van der Waals surface area (Å²) in [5.41, 5.74) is 0. The van der Waals surface area contributed by atoms with E-state index in [9.17, 15) is 5.11 Å². The Morgan fingerprint density at radius 3 is 2.89 bits per heavy atom. The molecule has 0 amide bonds. The van der Waals surface area contributed by atoms with Gasteiger partial charge in [0.25, 0.3) is 0 Å². The third-order valence-electron chi connectivity index (χ3n) is 3.66. The number of aromatic nitrogens is 2. The minimum Gasteiger partial charge on any atom is -0.396 e. The Bertz CT molecular complexity index is 416. The van der Waals surface area contributed by atoms with Crippen LogP contribution in [0, 0.1) is 11.8 Å². The largest absolute Gasteiger partial charge is 0.396 e. The van der Waals surface area contributed by atoms with Gasteiger partial charge in [-0.15, -0.1) is 0 Å². The second-order valence-corrected chi connectivity index (χ2v) is 5.34. The average Bonchev–Trinajstić information content (AvgIpc) is 2.87. The number of rotatable bonds is 6. The third-order valence-corrected chi connectivity index (χ3v) is 3.94. The van der Waals surface area contributed by atoms with Gasteiger partial charge in [0.15, 0.2) is 0 Å². The number of hydrogen-bond donors (Lipinski definition) is 3. The van der Waals surface area contributed by atoms with Crippen LogP contribution >= 0.6 is 11.6 Å². The summed E-state index contributed by atoms with van der Waals surface area (Å²) in [6.07, 6.45) is 5.06. The standard InChI is InChI=1S/C13H21ClN4O/c1-2-15-13-17-7-11(14)12(18-13)16-6-9-4-3-5-10(9)8-19/h7,9-10,19H,2-6,8H2,1H3,(H2,15,16,17,18). The first-order chi connectivity index (χ1) is 9.24. The highest BCUT2D eigenvalue weighted by Crippen LogP contribution is 2.31. The van der Waals surface area contributed by atoms with Crippen LogP contribution < -0.4 is 10.6 Å². The van der Waals surface area contributed by atoms with Gasteiger partial charge >= 0.3 is 0 Å². The van der Waals surface area contributed by atoms with Crippen molar-refractivity contribution in [2.75, 3.05) is 30.3 Å². The molecule has 0 radical (unpaired) electrons. The summed E-state index contributed by atoms with van der Waals surface area (Å²) in [6, 6.07) is 0. The lowest BCUT2D eigenvalue weighted by Crippen LogP contribution is -2.21. The molecule has 3 N–H and O–H groups in total. The molecule has 1 aliphatic carbocycles. The topological polar surface area (TPSA) is 70.1 Å². The molecule has 0 aromatic carbocycles. The van der Waals surface area contributed by atoms with Crippen molar-refractivity contribution in [3.63, 3.8) is 0 Å². The fourth-order valence-electron chi connectivity index (χ4n) is 2.58. The lowest BCUT2D eigenvalue weighted by atomic mass is 9.97. The molecule has 0 bridgehead atoms. The predicted molar refractivity (Wildman–Crippen MR) is 77.6 cm³/mol. The van der Waals surface area contributed by atoms with Crippen LogP contribution in [0.25, 0.3) is 0 Å². The van der Waals surface area contributed by atoms with E-state index in [1.54, 1.807) is 6.20 Å². The van der Waals surface area contributed by atoms with Crippen molar-refractivity contribution < 1.29 is 5.11 Å². The first-order valence-electron chi connectivity index (χ1n) is 6.85. The summed E-state index contributed by atoms with van der Waals surface area (Å²) in [4.78, 5) is 8.45. The van der Waals surface area contributed by atoms with Crippen LogP contribution in [-0.4, -0.2) is 34.8 Å². The van der Waals surface area contributed by atoms with E-state index < -0.39 is 0 Å². The number of nitrogens with one attached hydrogen (secondary N) is 2. The number of aliphatic hydroxyl groups excluding tert-OH is 1. The molecule has 1 heterocycles. The van der Waals surface area contributed by atoms with E-state index in [1.165, 1.54) is 6.42 Å². The minimum absolute atomic E-state index is 0.270. The van der Waals surface area contributed by atoms with Crippen LogP contribution in [-0.2, 0) is 0 Å². The van der Waals surface area contributed by atoms with E-state index in [4.69, 9.17) is 11.6 Å². The van der Waals surface area contributed by atoms with Crippen LogP contribution in [0.1, 0.15) is 26.2 Å². The van der Waals surface area contributed by atoms with Gasteiger partial charge in [-0.25, -0.2) is 4.98 Å². The highest BCUT2D eigenvalue weighted by molar-refractivity contribution is 6.32. The van der Waals surface area contributed by atoms with Gasteiger partial charge < -0.3 is 15.7 Å². The van der Waals surface area contributed by atoms with Gasteiger partial charge in [0.1, 0.15) is 10.8 Å². The van der Waals surface area contributed by atoms with Crippen molar-refractivity contribution in [1.82, 2.24) is 9.97 Å². The molecule has 1 saturated carbocycles. The van der Waals surface area contributed by atoms with Gasteiger partial charge in [-0.1, -0.05) is 18.0 Å². The summed E-state index contributed by atoms with van der Waals surface area (Å²) in [7, 11) is 0. The van der Waals surface area contributed by atoms with Crippen molar-refractivity contribution >= 4 is 23.4 Å². The molecule has 0 aliphatic heterocycles. The summed E-state index contributed by atoms with van der Waals surface area (Å²) in [5, 5.41) is 16.2. The normalized spacial score (nSPS) is 22.5. The SMILES string of the molecule is CCNc1ncc(Cl)c(NCC2CCCC2CO)n1. The highest BCUT2D eigenvalue weighted by Gasteiger charge is 2.26. The first-order valence-corrected chi connectivity index (χ1v) is 7.23. The Hall–Kier alpha value is -1.07. The van der Waals surface area contributed by atoms with Crippen LogP contribution in [0.5, 0.6) is 0 Å². The third kappa shape index (κ3) is 3.70. The van der Waals surface area contributed by atoms with Crippen molar-refractivity contribution in [2.45, 2.75) is 26.2 Å². The lowest BCUT2D eigenvalue weighted by molar-refractivity contribution is 0.199. The first kappa shape index (κ1) is 14.3. The zero-order valence-electron chi connectivity index (χ0n) is 11.2. The van der Waals surface area contributed by atoms with E-state index >= 15 is 0 Å². The Balaban J connectivity index is 1.96. The molecule has 2 atom stereocenters. The van der Waals surface area contributed by atoms with E-state index in [0.29, 0.717) is 28.6 Å². The molecule has 106 valence electrons. The number of halogens is 1. The molecule has 1 aromatic heterocycles. The van der Waals surface area contributed by atoms with Gasteiger partial charge in [-0.2, -0.15) is 4.98 Å². The van der Waals surface area contributed by atoms with E-state index in [-0.39, 0.29) is 6.61 Å².